The van der Waals surface area contributed by atoms with Crippen LogP contribution < -0.4 is 5.32 Å². The average molecular weight is 254 g/mol. The molecule has 17 heavy (non-hydrogen) atoms. The number of nitrogens with one attached hydrogen (secondary N) is 1. The Morgan fingerprint density at radius 2 is 2.35 bits per heavy atom. The van der Waals surface area contributed by atoms with E-state index in [0.717, 1.165) is 0 Å². The molecule has 2 atom stereocenters. The van der Waals surface area contributed by atoms with E-state index in [2.05, 4.69) is 10.3 Å². The predicted octanol–water partition coefficient (Wildman–Crippen LogP) is 1.23. The maximum absolute atomic E-state index is 12.0. The number of hydrogen-bond acceptors (Lipinski definition) is 4. The molecule has 0 aliphatic rings. The van der Waals surface area contributed by atoms with Crippen LogP contribution in [0, 0.1) is 6.92 Å². The summed E-state index contributed by atoms with van der Waals surface area (Å²) in [6, 6.07) is 3.41. The van der Waals surface area contributed by atoms with Gasteiger partial charge in [-0.15, -0.1) is 0 Å². The second-order valence-electron chi connectivity index (χ2n) is 3.86. The normalized spacial score (nSPS) is 14.1. The first-order valence-corrected chi connectivity index (χ1v) is 6.75. The zero-order valence-corrected chi connectivity index (χ0v) is 11.1. The summed E-state index contributed by atoms with van der Waals surface area (Å²) in [7, 11) is 0. The molecule has 1 heterocycles. The molecule has 2 unspecified atom stereocenters. The van der Waals surface area contributed by atoms with Crippen LogP contribution in [0.15, 0.2) is 18.3 Å². The Morgan fingerprint density at radius 3 is 2.88 bits per heavy atom. The first-order valence-electron chi connectivity index (χ1n) is 5.46. The van der Waals surface area contributed by atoms with Crippen molar-refractivity contribution in [3.8, 4) is 0 Å². The zero-order valence-electron chi connectivity index (χ0n) is 10.3. The largest absolute Gasteiger partial charge is 0.395 e. The molecule has 1 amide bonds. The van der Waals surface area contributed by atoms with Gasteiger partial charge in [-0.05, 0) is 32.2 Å². The maximum atomic E-state index is 12.0. The highest BCUT2D eigenvalue weighted by Crippen LogP contribution is 2.11. The van der Waals surface area contributed by atoms with Crippen LogP contribution in [0.25, 0.3) is 0 Å². The van der Waals surface area contributed by atoms with Gasteiger partial charge in [-0.1, -0.05) is 0 Å². The molecule has 0 saturated heterocycles. The summed E-state index contributed by atoms with van der Waals surface area (Å²) in [5, 5.41) is 12.0. The van der Waals surface area contributed by atoms with E-state index in [4.69, 9.17) is 5.11 Å². The van der Waals surface area contributed by atoms with Crippen LogP contribution in [-0.2, 0) is 0 Å². The highest BCUT2D eigenvalue weighted by Gasteiger charge is 2.18. The molecule has 0 saturated carbocycles. The summed E-state index contributed by atoms with van der Waals surface area (Å²) >= 11 is 1.54. The highest BCUT2D eigenvalue weighted by molar-refractivity contribution is 7.99. The summed E-state index contributed by atoms with van der Waals surface area (Å²) < 4.78 is 0. The average Bonchev–Trinajstić information content (AvgIpc) is 2.31. The fraction of sp³-hybridized carbons (Fsp3) is 0.500. The second-order valence-corrected chi connectivity index (χ2v) is 4.93. The van der Waals surface area contributed by atoms with Gasteiger partial charge < -0.3 is 10.4 Å². The minimum Gasteiger partial charge on any atom is -0.395 e. The third kappa shape index (κ3) is 3.71. The molecule has 0 fully saturated rings. The van der Waals surface area contributed by atoms with Gasteiger partial charge in [-0.25, -0.2) is 0 Å². The number of aromatic nitrogens is 1. The summed E-state index contributed by atoms with van der Waals surface area (Å²) in [5.41, 5.74) is 1.29. The van der Waals surface area contributed by atoms with Crippen molar-refractivity contribution in [2.24, 2.45) is 0 Å². The van der Waals surface area contributed by atoms with Crippen LogP contribution in [0.1, 0.15) is 23.0 Å². The molecule has 1 rings (SSSR count). The van der Waals surface area contributed by atoms with E-state index in [1.807, 2.05) is 13.2 Å². The third-order valence-corrected chi connectivity index (χ3v) is 3.81. The van der Waals surface area contributed by atoms with Gasteiger partial charge in [0.15, 0.2) is 0 Å². The van der Waals surface area contributed by atoms with Crippen LogP contribution in [0.5, 0.6) is 0 Å². The molecule has 0 aromatic carbocycles. The standard InChI is InChI=1S/C12H18N2O2S/c1-8-10(5-4-6-13-8)12(16)14-9(2)11(7-15)17-3/h4-6,9,11,15H,7H2,1-3H3,(H,14,16). The SMILES string of the molecule is CSC(CO)C(C)NC(=O)c1cccnc1C. The van der Waals surface area contributed by atoms with Crippen molar-refractivity contribution < 1.29 is 9.90 Å². The van der Waals surface area contributed by atoms with Crippen LogP contribution in [0.3, 0.4) is 0 Å². The summed E-state index contributed by atoms with van der Waals surface area (Å²) in [5.74, 6) is -0.143. The first-order chi connectivity index (χ1) is 8.10. The molecule has 2 N–H and O–H groups in total. The monoisotopic (exact) mass is 254 g/mol. The van der Waals surface area contributed by atoms with Crippen molar-refractivity contribution in [3.05, 3.63) is 29.6 Å². The molecule has 1 aromatic heterocycles. The third-order valence-electron chi connectivity index (χ3n) is 2.65. The summed E-state index contributed by atoms with van der Waals surface area (Å²) in [6.45, 7) is 3.74. The molecular weight excluding hydrogens is 236 g/mol. The number of rotatable bonds is 5. The quantitative estimate of drug-likeness (QED) is 0.829. The molecule has 4 nitrogen and oxygen atoms in total. The van der Waals surface area contributed by atoms with E-state index in [0.29, 0.717) is 11.3 Å². The Balaban J connectivity index is 2.70. The number of pyridine rings is 1. The zero-order chi connectivity index (χ0) is 12.8. The number of aryl methyl sites for hydroxylation is 1. The van der Waals surface area contributed by atoms with Crippen molar-refractivity contribution in [3.63, 3.8) is 0 Å². The highest BCUT2D eigenvalue weighted by atomic mass is 32.2. The fourth-order valence-electron chi connectivity index (χ4n) is 1.54. The van der Waals surface area contributed by atoms with E-state index in [1.165, 1.54) is 11.8 Å². The van der Waals surface area contributed by atoms with Gasteiger partial charge in [-0.3, -0.25) is 9.78 Å². The number of carbonyl (C=O) groups excluding carboxylic acids is 1. The fourth-order valence-corrected chi connectivity index (χ4v) is 2.16. The Hall–Kier alpha value is -1.07. The van der Waals surface area contributed by atoms with Crippen LogP contribution in [0.4, 0.5) is 0 Å². The maximum Gasteiger partial charge on any atom is 0.253 e. The van der Waals surface area contributed by atoms with E-state index >= 15 is 0 Å². The molecule has 94 valence electrons. The van der Waals surface area contributed by atoms with Gasteiger partial charge in [0, 0.05) is 23.2 Å². The van der Waals surface area contributed by atoms with E-state index in [-0.39, 0.29) is 23.8 Å². The van der Waals surface area contributed by atoms with Crippen LogP contribution in [0.2, 0.25) is 0 Å². The minimum atomic E-state index is -0.143. The van der Waals surface area contributed by atoms with E-state index in [9.17, 15) is 4.79 Å². The lowest BCUT2D eigenvalue weighted by atomic mass is 10.1. The van der Waals surface area contributed by atoms with Crippen LogP contribution >= 0.6 is 11.8 Å². The van der Waals surface area contributed by atoms with Crippen molar-refractivity contribution in [2.45, 2.75) is 25.1 Å². The van der Waals surface area contributed by atoms with Gasteiger partial charge in [-0.2, -0.15) is 11.8 Å². The predicted molar refractivity (Wildman–Crippen MR) is 70.3 cm³/mol. The number of aliphatic hydroxyl groups excluding tert-OH is 1. The Bertz CT molecular complexity index is 381. The molecule has 5 heteroatoms. The van der Waals surface area contributed by atoms with E-state index in [1.54, 1.807) is 25.3 Å². The minimum absolute atomic E-state index is 0.0101. The van der Waals surface area contributed by atoms with Gasteiger partial charge in [0.1, 0.15) is 0 Å². The van der Waals surface area contributed by atoms with Crippen molar-refractivity contribution >= 4 is 17.7 Å². The Morgan fingerprint density at radius 1 is 1.65 bits per heavy atom. The molecule has 0 bridgehead atoms. The first kappa shape index (κ1) is 14.0. The number of nitrogens with zero attached hydrogens (tertiary/aromatic N) is 1. The summed E-state index contributed by atoms with van der Waals surface area (Å²) in [4.78, 5) is 16.0. The number of amides is 1. The lowest BCUT2D eigenvalue weighted by molar-refractivity contribution is 0.0935. The van der Waals surface area contributed by atoms with Crippen molar-refractivity contribution in [2.75, 3.05) is 12.9 Å². The number of aliphatic hydroxyl groups is 1. The summed E-state index contributed by atoms with van der Waals surface area (Å²) in [6.07, 6.45) is 3.58. The lowest BCUT2D eigenvalue weighted by Gasteiger charge is -2.21. The van der Waals surface area contributed by atoms with Crippen molar-refractivity contribution in [1.29, 1.82) is 0 Å². The van der Waals surface area contributed by atoms with Gasteiger partial charge in [0.2, 0.25) is 0 Å². The molecule has 1 aromatic rings. The van der Waals surface area contributed by atoms with Gasteiger partial charge in [0.25, 0.3) is 5.91 Å². The molecule has 0 spiro atoms. The molecule has 0 radical (unpaired) electrons. The molecule has 0 aliphatic carbocycles. The molecule has 0 aliphatic heterocycles. The van der Waals surface area contributed by atoms with Gasteiger partial charge in [0.05, 0.1) is 12.2 Å². The van der Waals surface area contributed by atoms with Gasteiger partial charge >= 0.3 is 0 Å². The smallest absolute Gasteiger partial charge is 0.253 e. The van der Waals surface area contributed by atoms with Crippen LogP contribution in [-0.4, -0.2) is 40.2 Å². The topological polar surface area (TPSA) is 62.2 Å². The second kappa shape index (κ2) is 6.61. The number of hydrogen-bond donors (Lipinski definition) is 2. The number of carbonyl (C=O) groups is 1. The number of thioether (sulfide) groups is 1. The van der Waals surface area contributed by atoms with Crippen molar-refractivity contribution in [1.82, 2.24) is 10.3 Å². The Kier molecular flexibility index (Phi) is 5.44. The van der Waals surface area contributed by atoms with E-state index < -0.39 is 0 Å². The lowest BCUT2D eigenvalue weighted by Crippen LogP contribution is -2.41. The molecular formula is C12H18N2O2S. The Labute approximate surface area is 106 Å².